The van der Waals surface area contributed by atoms with Crippen LogP contribution in [0.1, 0.15) is 16.8 Å². The Morgan fingerprint density at radius 3 is 2.33 bits per heavy atom. The summed E-state index contributed by atoms with van der Waals surface area (Å²) < 4.78 is 1.77. The Labute approximate surface area is 210 Å². The molecule has 33 heavy (non-hydrogen) atoms. The monoisotopic (exact) mass is 563 g/mol. The Kier molecular flexibility index (Phi) is 7.20. The first kappa shape index (κ1) is 23.1. The minimum atomic E-state index is 0.548. The molecule has 0 aliphatic rings. The molecule has 3 aromatic carbocycles. The van der Waals surface area contributed by atoms with Gasteiger partial charge in [-0.1, -0.05) is 36.4 Å². The van der Waals surface area contributed by atoms with E-state index in [1.54, 1.807) is 6.21 Å². The maximum absolute atomic E-state index is 4.87. The number of hydrogen-bond acceptors (Lipinski definition) is 4. The van der Waals surface area contributed by atoms with E-state index in [-0.39, 0.29) is 0 Å². The van der Waals surface area contributed by atoms with Gasteiger partial charge in [-0.05, 0) is 86.3 Å². The minimum Gasteiger partial charge on any atom is -0.378 e. The zero-order valence-electron chi connectivity index (χ0n) is 18.6. The molecule has 166 valence electrons. The van der Waals surface area contributed by atoms with E-state index in [1.807, 2.05) is 81.7 Å². The van der Waals surface area contributed by atoms with Crippen LogP contribution in [0.15, 0.2) is 91.8 Å². The number of fused-ring (bicyclic) bond motifs is 1. The molecule has 4 aromatic rings. The summed E-state index contributed by atoms with van der Waals surface area (Å²) in [6.45, 7) is 2.04. The third kappa shape index (κ3) is 5.67. The van der Waals surface area contributed by atoms with Crippen LogP contribution in [0.3, 0.4) is 0 Å². The normalized spacial score (nSPS) is 11.8. The van der Waals surface area contributed by atoms with E-state index in [9.17, 15) is 0 Å². The quantitative estimate of drug-likeness (QED) is 0.164. The van der Waals surface area contributed by atoms with E-state index in [4.69, 9.17) is 9.98 Å². The zero-order chi connectivity index (χ0) is 23.4. The van der Waals surface area contributed by atoms with Crippen molar-refractivity contribution in [2.45, 2.75) is 6.92 Å². The van der Waals surface area contributed by atoms with Crippen molar-refractivity contribution in [3.63, 3.8) is 0 Å². The Hall–Kier alpha value is -3.03. The molecule has 1 heterocycles. The second-order valence-electron chi connectivity index (χ2n) is 7.78. The highest BCUT2D eigenvalue weighted by molar-refractivity contribution is 9.11. The predicted molar refractivity (Wildman–Crippen MR) is 146 cm³/mol. The fraction of sp³-hybridized carbons (Fsp3) is 0.115. The number of rotatable bonds is 5. The molecule has 7 heteroatoms. The van der Waals surface area contributed by atoms with Gasteiger partial charge in [0.1, 0.15) is 5.69 Å². The number of hydrogen-bond donors (Lipinski definition) is 1. The lowest BCUT2D eigenvalue weighted by Gasteiger charge is -2.12. The number of pyridine rings is 1. The van der Waals surface area contributed by atoms with Gasteiger partial charge in [-0.25, -0.2) is 9.98 Å². The lowest BCUT2D eigenvalue weighted by atomic mass is 10.2. The Morgan fingerprint density at radius 1 is 0.939 bits per heavy atom. The summed E-state index contributed by atoms with van der Waals surface area (Å²) in [5, 5.41) is 5.53. The lowest BCUT2D eigenvalue weighted by molar-refractivity contribution is 1.02. The number of para-hydroxylation sites is 1. The number of benzene rings is 3. The largest absolute Gasteiger partial charge is 0.378 e. The fourth-order valence-corrected chi connectivity index (χ4v) is 4.87. The summed E-state index contributed by atoms with van der Waals surface area (Å²) >= 11 is 7.27. The Morgan fingerprint density at radius 2 is 1.64 bits per heavy atom. The smallest absolute Gasteiger partial charge is 0.173 e. The topological polar surface area (TPSA) is 52.9 Å². The van der Waals surface area contributed by atoms with Gasteiger partial charge in [-0.3, -0.25) is 5.43 Å². The molecule has 5 nitrogen and oxygen atoms in total. The van der Waals surface area contributed by atoms with Crippen LogP contribution in [0, 0.1) is 6.92 Å². The molecule has 0 amide bonds. The zero-order valence-corrected chi connectivity index (χ0v) is 21.7. The highest BCUT2D eigenvalue weighted by Gasteiger charge is 2.11. The van der Waals surface area contributed by atoms with Crippen LogP contribution in [0.25, 0.3) is 10.9 Å². The predicted octanol–water partition coefficient (Wildman–Crippen LogP) is 6.84. The van der Waals surface area contributed by atoms with Gasteiger partial charge < -0.3 is 4.90 Å². The summed E-state index contributed by atoms with van der Waals surface area (Å²) in [5.74, 6) is 0.548. The molecular formula is C26H23Br2N5. The second-order valence-corrected chi connectivity index (χ2v) is 9.49. The van der Waals surface area contributed by atoms with Gasteiger partial charge in [0.05, 0.1) is 17.4 Å². The summed E-state index contributed by atoms with van der Waals surface area (Å²) in [4.78, 5) is 11.7. The molecule has 0 saturated heterocycles. The number of nitrogens with zero attached hydrogens (tertiary/aromatic N) is 4. The van der Waals surface area contributed by atoms with E-state index in [2.05, 4.69) is 59.4 Å². The van der Waals surface area contributed by atoms with Crippen LogP contribution in [-0.4, -0.2) is 31.1 Å². The molecular weight excluding hydrogens is 542 g/mol. The molecule has 0 aliphatic heterocycles. The number of nitrogens with one attached hydrogen (secondary N) is 1. The van der Waals surface area contributed by atoms with E-state index in [1.165, 1.54) is 0 Å². The summed E-state index contributed by atoms with van der Waals surface area (Å²) in [6.07, 6.45) is 1.77. The lowest BCUT2D eigenvalue weighted by Crippen LogP contribution is -2.20. The SMILES string of the molecule is Cc1cc(Br)c(N=C(N/N=C/c2ccc(N(C)C)cc2)c2ccc3ccccc3n2)c(Br)c1. The highest BCUT2D eigenvalue weighted by atomic mass is 79.9. The maximum atomic E-state index is 4.87. The fourth-order valence-electron chi connectivity index (χ4n) is 3.27. The number of aromatic nitrogens is 1. The van der Waals surface area contributed by atoms with Gasteiger partial charge in [-0.2, -0.15) is 5.10 Å². The maximum Gasteiger partial charge on any atom is 0.173 e. The van der Waals surface area contributed by atoms with Crippen LogP contribution in [-0.2, 0) is 0 Å². The Bertz CT molecular complexity index is 1320. The number of aryl methyl sites for hydroxylation is 1. The van der Waals surface area contributed by atoms with Gasteiger partial charge in [0.15, 0.2) is 5.84 Å². The van der Waals surface area contributed by atoms with Crippen molar-refractivity contribution in [2.24, 2.45) is 10.1 Å². The molecule has 0 aliphatic carbocycles. The third-order valence-electron chi connectivity index (χ3n) is 5.02. The van der Waals surface area contributed by atoms with Gasteiger partial charge in [-0.15, -0.1) is 0 Å². The summed E-state index contributed by atoms with van der Waals surface area (Å²) in [6, 6.07) is 24.2. The molecule has 0 radical (unpaired) electrons. The molecule has 0 atom stereocenters. The van der Waals surface area contributed by atoms with Crippen LogP contribution < -0.4 is 10.3 Å². The Balaban J connectivity index is 1.71. The summed E-state index contributed by atoms with van der Waals surface area (Å²) in [5.41, 5.74) is 8.72. The van der Waals surface area contributed by atoms with Crippen LogP contribution in [0.4, 0.5) is 11.4 Å². The van der Waals surface area contributed by atoms with Gasteiger partial charge >= 0.3 is 0 Å². The highest BCUT2D eigenvalue weighted by Crippen LogP contribution is 2.35. The van der Waals surface area contributed by atoms with Gasteiger partial charge in [0, 0.05) is 34.1 Å². The molecule has 1 aromatic heterocycles. The van der Waals surface area contributed by atoms with Crippen LogP contribution in [0.2, 0.25) is 0 Å². The summed E-state index contributed by atoms with van der Waals surface area (Å²) in [7, 11) is 4.04. The van der Waals surface area contributed by atoms with Crippen molar-refractivity contribution >= 4 is 66.2 Å². The van der Waals surface area contributed by atoms with E-state index >= 15 is 0 Å². The van der Waals surface area contributed by atoms with E-state index in [0.717, 1.165) is 42.4 Å². The first-order chi connectivity index (χ1) is 15.9. The van der Waals surface area contributed by atoms with Crippen LogP contribution >= 0.6 is 31.9 Å². The van der Waals surface area contributed by atoms with Gasteiger partial charge in [0.25, 0.3) is 0 Å². The van der Waals surface area contributed by atoms with E-state index in [0.29, 0.717) is 11.5 Å². The molecule has 1 N–H and O–H groups in total. The van der Waals surface area contributed by atoms with E-state index < -0.39 is 0 Å². The molecule has 0 fully saturated rings. The standard InChI is InChI=1S/C26H23Br2N5/c1-17-14-21(27)25(22(28)15-17)31-26(24-13-10-19-6-4-5-7-23(19)30-24)32-29-16-18-8-11-20(12-9-18)33(2)3/h4-16H,1-3H3,(H,31,32)/b29-16+. The molecule has 4 rings (SSSR count). The van der Waals surface area contributed by atoms with Crippen molar-refractivity contribution in [1.29, 1.82) is 0 Å². The number of hydrazone groups is 1. The number of anilines is 1. The van der Waals surface area contributed by atoms with Crippen molar-refractivity contribution in [3.8, 4) is 0 Å². The van der Waals surface area contributed by atoms with Crippen molar-refractivity contribution in [2.75, 3.05) is 19.0 Å². The molecule has 0 bridgehead atoms. The third-order valence-corrected chi connectivity index (χ3v) is 6.23. The van der Waals surface area contributed by atoms with Crippen molar-refractivity contribution in [1.82, 2.24) is 10.4 Å². The minimum absolute atomic E-state index is 0.548. The number of aliphatic imine (C=N–C) groups is 1. The van der Waals surface area contributed by atoms with Crippen molar-refractivity contribution in [3.05, 3.63) is 98.6 Å². The average Bonchev–Trinajstić information content (AvgIpc) is 2.80. The number of halogens is 2. The first-order valence-corrected chi connectivity index (χ1v) is 12.0. The average molecular weight is 565 g/mol. The molecule has 0 spiro atoms. The van der Waals surface area contributed by atoms with Crippen molar-refractivity contribution < 1.29 is 0 Å². The molecule has 0 saturated carbocycles. The number of amidine groups is 1. The van der Waals surface area contributed by atoms with Crippen LogP contribution in [0.5, 0.6) is 0 Å². The molecule has 0 unspecified atom stereocenters. The second kappa shape index (κ2) is 10.3. The van der Waals surface area contributed by atoms with Gasteiger partial charge in [0.2, 0.25) is 0 Å². The first-order valence-electron chi connectivity index (χ1n) is 10.4.